The van der Waals surface area contributed by atoms with Crippen LogP contribution in [0.25, 0.3) is 11.4 Å². The van der Waals surface area contributed by atoms with Gasteiger partial charge in [-0.05, 0) is 12.1 Å². The van der Waals surface area contributed by atoms with Gasteiger partial charge < -0.3 is 9.11 Å². The zero-order valence-corrected chi connectivity index (χ0v) is 18.5. The molecule has 2 heterocycles. The number of nitrogens with zero attached hydrogens (tertiary/aromatic N) is 2. The molecular formula is C14H6F14N2O6S2. The highest BCUT2D eigenvalue weighted by molar-refractivity contribution is 7.86. The maximum absolute atomic E-state index is 13.6. The molecule has 2 rings (SSSR count). The summed E-state index contributed by atoms with van der Waals surface area (Å²) in [7, 11) is -12.2. The predicted octanol–water partition coefficient (Wildman–Crippen LogP) is 3.53. The molecule has 0 radical (unpaired) electrons. The van der Waals surface area contributed by atoms with Crippen molar-refractivity contribution in [2.45, 2.75) is 23.4 Å². The number of halogens is 14. The lowest BCUT2D eigenvalue weighted by molar-refractivity contribution is -0.859. The molecule has 2 aromatic rings. The van der Waals surface area contributed by atoms with Crippen LogP contribution >= 0.6 is 0 Å². The van der Waals surface area contributed by atoms with Gasteiger partial charge in [-0.15, -0.1) is 0 Å². The summed E-state index contributed by atoms with van der Waals surface area (Å²) >= 11 is 0. The molecule has 0 spiro atoms. The second kappa shape index (κ2) is 11.5. The Bertz CT molecular complexity index is 1230. The van der Waals surface area contributed by atoms with E-state index < -0.39 is 75.7 Å². The van der Waals surface area contributed by atoms with Gasteiger partial charge in [0, 0.05) is 21.7 Å². The highest BCUT2D eigenvalue weighted by Gasteiger charge is 2.39. The Hall–Kier alpha value is -2.86. The van der Waals surface area contributed by atoms with Gasteiger partial charge in [0.15, 0.2) is 20.2 Å². The molecule has 0 amide bonds. The summed E-state index contributed by atoms with van der Waals surface area (Å²) < 4.78 is 219. The van der Waals surface area contributed by atoms with Crippen LogP contribution < -0.4 is 9.58 Å². The number of aromatic nitrogens is 2. The largest absolute Gasteiger partial charge is 0.741 e. The van der Waals surface area contributed by atoms with Crippen LogP contribution in [0.2, 0.25) is 0 Å². The van der Waals surface area contributed by atoms with Gasteiger partial charge in [0.05, 0.1) is 8.96 Å². The SMILES string of the molecule is F[n+]1cc(C(F)(F)F)ccc1-c1ccc(C(F)(F)F)c[n+]1F.O=S(=O)([O-])C(F)(F)F.O=S(=O)([O-])C(F)(F)F. The fraction of sp³-hybridized carbons (Fsp3) is 0.286. The van der Waals surface area contributed by atoms with E-state index in [1.165, 1.54) is 0 Å². The number of hydrogen-bond acceptors (Lipinski definition) is 6. The third-order valence-electron chi connectivity index (χ3n) is 3.29. The topological polar surface area (TPSA) is 122 Å². The third kappa shape index (κ3) is 10.5. The lowest BCUT2D eigenvalue weighted by atomic mass is 10.2. The van der Waals surface area contributed by atoms with Gasteiger partial charge in [0.2, 0.25) is 12.4 Å². The molecule has 0 aliphatic heterocycles. The highest BCUT2D eigenvalue weighted by Crippen LogP contribution is 2.31. The van der Waals surface area contributed by atoms with Crippen LogP contribution in [0.15, 0.2) is 36.7 Å². The van der Waals surface area contributed by atoms with E-state index in [4.69, 9.17) is 25.9 Å². The maximum Gasteiger partial charge on any atom is 0.485 e. The average Bonchev–Trinajstić information content (AvgIpc) is 2.64. The molecule has 0 saturated heterocycles. The Labute approximate surface area is 200 Å². The van der Waals surface area contributed by atoms with Gasteiger partial charge >= 0.3 is 34.8 Å². The van der Waals surface area contributed by atoms with Crippen molar-refractivity contribution < 1.29 is 97.2 Å². The molecule has 8 nitrogen and oxygen atoms in total. The van der Waals surface area contributed by atoms with Gasteiger partial charge in [-0.3, -0.25) is 0 Å². The predicted molar refractivity (Wildman–Crippen MR) is 86.8 cm³/mol. The Morgan fingerprint density at radius 3 is 0.868 bits per heavy atom. The van der Waals surface area contributed by atoms with Gasteiger partial charge in [0.1, 0.15) is 11.1 Å². The van der Waals surface area contributed by atoms with E-state index in [1.54, 1.807) is 0 Å². The first-order valence-electron chi connectivity index (χ1n) is 8.13. The molecule has 0 aliphatic carbocycles. The fourth-order valence-electron chi connectivity index (χ4n) is 1.67. The maximum atomic E-state index is 13.6. The quantitative estimate of drug-likeness (QED) is 0.271. The van der Waals surface area contributed by atoms with Crippen LogP contribution in [-0.2, 0) is 32.6 Å². The van der Waals surface area contributed by atoms with Crippen molar-refractivity contribution in [3.63, 3.8) is 0 Å². The minimum Gasteiger partial charge on any atom is -0.741 e. The smallest absolute Gasteiger partial charge is 0.485 e. The number of hydrogen-bond donors (Lipinski definition) is 0. The summed E-state index contributed by atoms with van der Waals surface area (Å²) in [6, 6.07) is 2.20. The highest BCUT2D eigenvalue weighted by atomic mass is 32.2. The molecule has 0 aromatic carbocycles. The van der Waals surface area contributed by atoms with E-state index in [0.717, 1.165) is 0 Å². The first-order chi connectivity index (χ1) is 16.5. The monoisotopic (exact) mass is 628 g/mol. The second-order valence-corrected chi connectivity index (χ2v) is 8.77. The van der Waals surface area contributed by atoms with Crippen LogP contribution in [0.1, 0.15) is 11.1 Å². The van der Waals surface area contributed by atoms with Crippen molar-refractivity contribution in [3.8, 4) is 11.4 Å². The Morgan fingerprint density at radius 1 is 0.526 bits per heavy atom. The van der Waals surface area contributed by atoms with Crippen LogP contribution in [0.4, 0.5) is 61.6 Å². The van der Waals surface area contributed by atoms with E-state index in [9.17, 15) is 61.6 Å². The molecule has 0 unspecified atom stereocenters. The normalized spacial score (nSPS) is 13.2. The first-order valence-corrected chi connectivity index (χ1v) is 10.9. The van der Waals surface area contributed by atoms with Crippen molar-refractivity contribution >= 4 is 20.2 Å². The molecule has 0 N–H and O–H groups in total. The van der Waals surface area contributed by atoms with E-state index in [2.05, 4.69) is 0 Å². The minimum atomic E-state index is -6.09. The Balaban J connectivity index is 0.000000705. The summed E-state index contributed by atoms with van der Waals surface area (Å²) in [5.41, 5.74) is -15.3. The van der Waals surface area contributed by atoms with Crippen LogP contribution in [0, 0.1) is 0 Å². The third-order valence-corrected chi connectivity index (χ3v) is 4.42. The lowest BCUT2D eigenvalue weighted by Gasteiger charge is -2.08. The van der Waals surface area contributed by atoms with Crippen molar-refractivity contribution in [1.29, 1.82) is 0 Å². The van der Waals surface area contributed by atoms with Gasteiger partial charge in [-0.2, -0.15) is 52.7 Å². The summed E-state index contributed by atoms with van der Waals surface area (Å²) in [5.74, 6) is 0. The number of rotatable bonds is 1. The number of pyridine rings is 2. The molecule has 38 heavy (non-hydrogen) atoms. The summed E-state index contributed by atoms with van der Waals surface area (Å²) in [5, 5.41) is 0. The standard InChI is InChI=1S/C12H6F8N2.2CHF3O3S/c13-11(14,15)7-1-3-9(21(19)5-7)10-4-2-8(6-22(10)20)12(16,17)18;2*2-1(3,4)8(5,6)7/h1-6H;2*(H,5,6,7)/q+2;;/p-2. The van der Waals surface area contributed by atoms with E-state index in [1.807, 2.05) is 0 Å². The van der Waals surface area contributed by atoms with Crippen molar-refractivity contribution in [2.24, 2.45) is 0 Å². The summed E-state index contributed by atoms with van der Waals surface area (Å²) in [4.78, 5) is -1.02. The van der Waals surface area contributed by atoms with Crippen molar-refractivity contribution in [1.82, 2.24) is 0 Å². The van der Waals surface area contributed by atoms with Crippen molar-refractivity contribution in [3.05, 3.63) is 47.8 Å². The Morgan fingerprint density at radius 2 is 0.737 bits per heavy atom. The molecule has 0 fully saturated rings. The number of alkyl halides is 12. The van der Waals surface area contributed by atoms with Crippen LogP contribution in [-0.4, -0.2) is 37.0 Å². The van der Waals surface area contributed by atoms with Gasteiger partial charge in [-0.1, -0.05) is 0 Å². The molecule has 2 aromatic heterocycles. The first kappa shape index (κ1) is 35.1. The minimum absolute atomic E-state index is 0.0625. The molecule has 0 saturated carbocycles. The molecule has 0 aliphatic rings. The lowest BCUT2D eigenvalue weighted by Crippen LogP contribution is -2.35. The van der Waals surface area contributed by atoms with E-state index >= 15 is 0 Å². The summed E-state index contributed by atoms with van der Waals surface area (Å²) in [6.07, 6.45) is -9.49. The molecule has 0 bridgehead atoms. The Kier molecular flexibility index (Phi) is 10.6. The zero-order valence-electron chi connectivity index (χ0n) is 16.9. The molecular weight excluding hydrogens is 622 g/mol. The molecule has 218 valence electrons. The van der Waals surface area contributed by atoms with Crippen LogP contribution in [0.5, 0.6) is 0 Å². The molecule has 0 atom stereocenters. The average molecular weight is 628 g/mol. The molecule has 24 heteroatoms. The second-order valence-electron chi connectivity index (χ2n) is 6.02. The van der Waals surface area contributed by atoms with Crippen molar-refractivity contribution in [2.75, 3.05) is 0 Å². The summed E-state index contributed by atoms with van der Waals surface area (Å²) in [6.45, 7) is 0. The zero-order chi connectivity index (χ0) is 30.7. The van der Waals surface area contributed by atoms with E-state index in [-0.39, 0.29) is 12.4 Å². The van der Waals surface area contributed by atoms with Gasteiger partial charge in [-0.25, -0.2) is 16.8 Å². The van der Waals surface area contributed by atoms with E-state index in [0.29, 0.717) is 24.3 Å². The fourth-order valence-corrected chi connectivity index (χ4v) is 1.67. The van der Waals surface area contributed by atoms with Crippen LogP contribution in [0.3, 0.4) is 0 Å². The van der Waals surface area contributed by atoms with Gasteiger partial charge in [0.25, 0.3) is 0 Å².